The van der Waals surface area contributed by atoms with Gasteiger partial charge in [-0.2, -0.15) is 0 Å². The van der Waals surface area contributed by atoms with Gasteiger partial charge in [0.2, 0.25) is 5.95 Å². The molecule has 6 heteroatoms. The maximum Gasteiger partial charge on any atom is 0.354 e. The Morgan fingerprint density at radius 2 is 2.22 bits per heavy atom. The van der Waals surface area contributed by atoms with E-state index in [-0.39, 0.29) is 17.7 Å². The number of piperidine rings is 1. The molecule has 98 valence electrons. The van der Waals surface area contributed by atoms with Crippen LogP contribution in [0.15, 0.2) is 6.07 Å². The molecule has 0 bridgehead atoms. The number of hydrogen-bond acceptors (Lipinski definition) is 5. The molecule has 0 spiro atoms. The molecule has 0 aromatic carbocycles. The van der Waals surface area contributed by atoms with Crippen molar-refractivity contribution in [2.24, 2.45) is 5.92 Å². The molecule has 1 aliphatic heterocycles. The van der Waals surface area contributed by atoms with Crippen molar-refractivity contribution in [3.05, 3.63) is 17.5 Å². The van der Waals surface area contributed by atoms with Gasteiger partial charge in [-0.1, -0.05) is 6.92 Å². The Kier molecular flexibility index (Phi) is 3.47. The average molecular weight is 251 g/mol. The molecule has 2 rings (SSSR count). The van der Waals surface area contributed by atoms with E-state index >= 15 is 0 Å². The summed E-state index contributed by atoms with van der Waals surface area (Å²) in [4.78, 5) is 21.2. The summed E-state index contributed by atoms with van der Waals surface area (Å²) in [6, 6.07) is 1.45. The highest BCUT2D eigenvalue weighted by atomic mass is 16.4. The van der Waals surface area contributed by atoms with E-state index in [2.05, 4.69) is 9.97 Å². The van der Waals surface area contributed by atoms with Crippen LogP contribution in [0.5, 0.6) is 0 Å². The fraction of sp³-hybridized carbons (Fsp3) is 0.583. The van der Waals surface area contributed by atoms with Gasteiger partial charge < -0.3 is 15.1 Å². The second-order valence-corrected chi connectivity index (χ2v) is 4.78. The second-order valence-electron chi connectivity index (χ2n) is 4.78. The Labute approximate surface area is 105 Å². The first-order chi connectivity index (χ1) is 8.47. The summed E-state index contributed by atoms with van der Waals surface area (Å²) in [5.74, 6) is -0.478. The van der Waals surface area contributed by atoms with E-state index in [0.29, 0.717) is 31.2 Å². The number of aliphatic hydroxyl groups is 1. The zero-order chi connectivity index (χ0) is 13.3. The summed E-state index contributed by atoms with van der Waals surface area (Å²) in [5, 5.41) is 18.7. The molecular weight excluding hydrogens is 234 g/mol. The van der Waals surface area contributed by atoms with Crippen molar-refractivity contribution in [1.82, 2.24) is 9.97 Å². The highest BCUT2D eigenvalue weighted by Gasteiger charge is 2.26. The van der Waals surface area contributed by atoms with Crippen LogP contribution in [0.3, 0.4) is 0 Å². The quantitative estimate of drug-likeness (QED) is 0.804. The monoisotopic (exact) mass is 251 g/mol. The third-order valence-corrected chi connectivity index (χ3v) is 3.20. The fourth-order valence-corrected chi connectivity index (χ4v) is 2.12. The fourth-order valence-electron chi connectivity index (χ4n) is 2.12. The maximum absolute atomic E-state index is 11.0. The van der Waals surface area contributed by atoms with Crippen molar-refractivity contribution in [1.29, 1.82) is 0 Å². The third-order valence-electron chi connectivity index (χ3n) is 3.20. The van der Waals surface area contributed by atoms with Crippen LogP contribution in [0.2, 0.25) is 0 Å². The van der Waals surface area contributed by atoms with Gasteiger partial charge in [-0.3, -0.25) is 0 Å². The zero-order valence-corrected chi connectivity index (χ0v) is 10.5. The standard InChI is InChI=1S/C12H17N3O3/c1-7-6-15(4-3-10(7)16)12-13-8(2)5-9(14-12)11(17)18/h5,7,10,16H,3-4,6H2,1-2H3,(H,17,18). The highest BCUT2D eigenvalue weighted by molar-refractivity contribution is 5.85. The van der Waals surface area contributed by atoms with Gasteiger partial charge in [-0.25, -0.2) is 14.8 Å². The first-order valence-electron chi connectivity index (χ1n) is 5.99. The van der Waals surface area contributed by atoms with Crippen LogP contribution >= 0.6 is 0 Å². The van der Waals surface area contributed by atoms with Crippen LogP contribution in [0.25, 0.3) is 0 Å². The zero-order valence-electron chi connectivity index (χ0n) is 10.5. The van der Waals surface area contributed by atoms with Crippen LogP contribution < -0.4 is 4.90 Å². The maximum atomic E-state index is 11.0. The predicted molar refractivity (Wildman–Crippen MR) is 65.7 cm³/mol. The number of nitrogens with zero attached hydrogens (tertiary/aromatic N) is 3. The molecule has 1 aliphatic rings. The number of aromatic carboxylic acids is 1. The molecule has 18 heavy (non-hydrogen) atoms. The SMILES string of the molecule is Cc1cc(C(=O)O)nc(N2CCC(O)C(C)C2)n1. The van der Waals surface area contributed by atoms with E-state index in [4.69, 9.17) is 5.11 Å². The Morgan fingerprint density at radius 1 is 1.50 bits per heavy atom. The van der Waals surface area contributed by atoms with Gasteiger partial charge >= 0.3 is 5.97 Å². The van der Waals surface area contributed by atoms with Gasteiger partial charge in [-0.05, 0) is 25.3 Å². The molecule has 0 aliphatic carbocycles. The lowest BCUT2D eigenvalue weighted by atomic mass is 9.97. The predicted octanol–water partition coefficient (Wildman–Crippen LogP) is 0.690. The molecule has 1 aromatic rings. The molecule has 0 amide bonds. The van der Waals surface area contributed by atoms with Gasteiger partial charge in [-0.15, -0.1) is 0 Å². The molecule has 0 saturated carbocycles. The molecular formula is C12H17N3O3. The van der Waals surface area contributed by atoms with Crippen molar-refractivity contribution in [3.63, 3.8) is 0 Å². The van der Waals surface area contributed by atoms with Gasteiger partial charge in [0, 0.05) is 18.8 Å². The lowest BCUT2D eigenvalue weighted by Gasteiger charge is -2.34. The van der Waals surface area contributed by atoms with Gasteiger partial charge in [0.15, 0.2) is 5.69 Å². The van der Waals surface area contributed by atoms with Crippen LogP contribution in [0.1, 0.15) is 29.5 Å². The van der Waals surface area contributed by atoms with Crippen molar-refractivity contribution in [2.75, 3.05) is 18.0 Å². The second kappa shape index (κ2) is 4.89. The number of carbonyl (C=O) groups is 1. The lowest BCUT2D eigenvalue weighted by molar-refractivity contribution is 0.0689. The number of aryl methyl sites for hydroxylation is 1. The Bertz CT molecular complexity index is 464. The first-order valence-corrected chi connectivity index (χ1v) is 5.99. The molecule has 0 radical (unpaired) electrons. The summed E-state index contributed by atoms with van der Waals surface area (Å²) >= 11 is 0. The number of rotatable bonds is 2. The van der Waals surface area contributed by atoms with Gasteiger partial charge in [0.05, 0.1) is 6.10 Å². The van der Waals surface area contributed by atoms with Crippen LogP contribution in [0.4, 0.5) is 5.95 Å². The van der Waals surface area contributed by atoms with Crippen LogP contribution in [0, 0.1) is 12.8 Å². The first kappa shape index (κ1) is 12.8. The van der Waals surface area contributed by atoms with Crippen molar-refractivity contribution in [2.45, 2.75) is 26.4 Å². The van der Waals surface area contributed by atoms with E-state index in [0.717, 1.165) is 0 Å². The molecule has 6 nitrogen and oxygen atoms in total. The molecule has 1 aromatic heterocycles. The number of carboxylic acids is 1. The molecule has 2 heterocycles. The van der Waals surface area contributed by atoms with Gasteiger partial charge in [0.1, 0.15) is 0 Å². The van der Waals surface area contributed by atoms with Crippen LogP contribution in [-0.2, 0) is 0 Å². The average Bonchev–Trinajstić information content (AvgIpc) is 2.31. The highest BCUT2D eigenvalue weighted by Crippen LogP contribution is 2.21. The van der Waals surface area contributed by atoms with E-state index in [1.807, 2.05) is 11.8 Å². The van der Waals surface area contributed by atoms with E-state index in [1.54, 1.807) is 6.92 Å². The minimum absolute atomic E-state index is 0.0104. The molecule has 1 fully saturated rings. The smallest absolute Gasteiger partial charge is 0.354 e. The minimum Gasteiger partial charge on any atom is -0.477 e. The van der Waals surface area contributed by atoms with E-state index in [1.165, 1.54) is 6.07 Å². The summed E-state index contributed by atoms with van der Waals surface area (Å²) < 4.78 is 0. The Balaban J connectivity index is 2.25. The van der Waals surface area contributed by atoms with E-state index in [9.17, 15) is 9.90 Å². The largest absolute Gasteiger partial charge is 0.477 e. The summed E-state index contributed by atoms with van der Waals surface area (Å²) in [7, 11) is 0. The van der Waals surface area contributed by atoms with Crippen molar-refractivity contribution >= 4 is 11.9 Å². The Hall–Kier alpha value is -1.69. The topological polar surface area (TPSA) is 86.5 Å². The van der Waals surface area contributed by atoms with Gasteiger partial charge in [0.25, 0.3) is 0 Å². The normalized spacial score (nSPS) is 24.1. The number of anilines is 1. The summed E-state index contributed by atoms with van der Waals surface area (Å²) in [5.41, 5.74) is 0.646. The van der Waals surface area contributed by atoms with Crippen molar-refractivity contribution < 1.29 is 15.0 Å². The van der Waals surface area contributed by atoms with E-state index < -0.39 is 5.97 Å². The molecule has 2 unspecified atom stereocenters. The minimum atomic E-state index is -1.05. The third kappa shape index (κ3) is 2.59. The summed E-state index contributed by atoms with van der Waals surface area (Å²) in [6.45, 7) is 5.00. The van der Waals surface area contributed by atoms with Crippen molar-refractivity contribution in [3.8, 4) is 0 Å². The molecule has 2 atom stereocenters. The molecule has 2 N–H and O–H groups in total. The number of aromatic nitrogens is 2. The number of aliphatic hydroxyl groups excluding tert-OH is 1. The van der Waals surface area contributed by atoms with Crippen LogP contribution in [-0.4, -0.2) is 45.3 Å². The number of carboxylic acid groups (broad SMARTS) is 1. The lowest BCUT2D eigenvalue weighted by Crippen LogP contribution is -2.42. The number of hydrogen-bond donors (Lipinski definition) is 2. The molecule has 1 saturated heterocycles. The Morgan fingerprint density at radius 3 is 2.83 bits per heavy atom. The summed E-state index contributed by atoms with van der Waals surface area (Å²) in [6.07, 6.45) is 0.353.